The Morgan fingerprint density at radius 1 is 1.50 bits per heavy atom. The smallest absolute Gasteiger partial charge is 0.270 e. The number of nitro groups is 1. The van der Waals surface area contributed by atoms with Crippen LogP contribution < -0.4 is 0 Å². The van der Waals surface area contributed by atoms with E-state index in [4.69, 9.17) is 0 Å². The zero-order chi connectivity index (χ0) is 11.7. The highest BCUT2D eigenvalue weighted by Crippen LogP contribution is 2.24. The minimum absolute atomic E-state index is 0.0414. The first-order chi connectivity index (χ1) is 7.58. The molecule has 0 saturated heterocycles. The van der Waals surface area contributed by atoms with Crippen molar-refractivity contribution >= 4 is 17.7 Å². The van der Waals surface area contributed by atoms with E-state index < -0.39 is 4.92 Å². The van der Waals surface area contributed by atoms with Gasteiger partial charge in [0, 0.05) is 25.3 Å². The molecule has 1 aromatic rings. The van der Waals surface area contributed by atoms with E-state index >= 15 is 0 Å². The maximum absolute atomic E-state index is 11.2. The molecule has 1 amide bonds. The largest absolute Gasteiger partial charge is 0.315 e. The molecule has 1 aliphatic heterocycles. The Kier molecular flexibility index (Phi) is 2.44. The topological polar surface area (TPSA) is 63.5 Å². The van der Waals surface area contributed by atoms with Crippen molar-refractivity contribution in [2.45, 2.75) is 13.5 Å². The first kappa shape index (κ1) is 10.4. The van der Waals surface area contributed by atoms with E-state index in [-0.39, 0.29) is 11.6 Å². The highest BCUT2D eigenvalue weighted by molar-refractivity contribution is 5.77. The lowest BCUT2D eigenvalue weighted by Crippen LogP contribution is -2.24. The van der Waals surface area contributed by atoms with Crippen molar-refractivity contribution < 1.29 is 9.72 Å². The van der Waals surface area contributed by atoms with Crippen LogP contribution in [-0.4, -0.2) is 15.7 Å². The first-order valence-corrected chi connectivity index (χ1v) is 4.80. The fourth-order valence-corrected chi connectivity index (χ4v) is 1.62. The third kappa shape index (κ3) is 1.79. The molecule has 0 atom stereocenters. The molecule has 0 bridgehead atoms. The van der Waals surface area contributed by atoms with Gasteiger partial charge >= 0.3 is 0 Å². The van der Waals surface area contributed by atoms with Crippen molar-refractivity contribution in [1.29, 1.82) is 0 Å². The zero-order valence-electron chi connectivity index (χ0n) is 8.71. The normalized spacial score (nSPS) is 13.4. The average molecular weight is 218 g/mol. The van der Waals surface area contributed by atoms with Crippen molar-refractivity contribution in [3.63, 3.8) is 0 Å². The van der Waals surface area contributed by atoms with Crippen LogP contribution in [0.15, 0.2) is 24.4 Å². The van der Waals surface area contributed by atoms with Gasteiger partial charge in [0.15, 0.2) is 0 Å². The third-order valence-corrected chi connectivity index (χ3v) is 2.52. The Morgan fingerprint density at radius 3 is 2.88 bits per heavy atom. The van der Waals surface area contributed by atoms with Crippen LogP contribution >= 0.6 is 0 Å². The molecule has 5 heteroatoms. The van der Waals surface area contributed by atoms with Crippen LogP contribution in [0.3, 0.4) is 0 Å². The van der Waals surface area contributed by atoms with Gasteiger partial charge in [-0.2, -0.15) is 0 Å². The van der Waals surface area contributed by atoms with E-state index in [9.17, 15) is 14.9 Å². The van der Waals surface area contributed by atoms with Crippen molar-refractivity contribution in [2.24, 2.45) is 0 Å². The van der Waals surface area contributed by atoms with Gasteiger partial charge in [-0.1, -0.05) is 0 Å². The predicted octanol–water partition coefficient (Wildman–Crippen LogP) is 1.93. The predicted molar refractivity (Wildman–Crippen MR) is 58.4 cm³/mol. The number of hydrogen-bond acceptors (Lipinski definition) is 3. The number of carbonyl (C=O) groups is 1. The summed E-state index contributed by atoms with van der Waals surface area (Å²) in [6, 6.07) is 4.66. The third-order valence-electron chi connectivity index (χ3n) is 2.52. The lowest BCUT2D eigenvalue weighted by Gasteiger charge is -2.21. The van der Waals surface area contributed by atoms with Crippen LogP contribution in [0.2, 0.25) is 0 Å². The van der Waals surface area contributed by atoms with Crippen molar-refractivity contribution in [3.05, 3.63) is 45.6 Å². The van der Waals surface area contributed by atoms with Crippen LogP contribution in [0.25, 0.3) is 6.08 Å². The second-order valence-corrected chi connectivity index (χ2v) is 3.60. The monoisotopic (exact) mass is 218 g/mol. The lowest BCUT2D eigenvalue weighted by molar-refractivity contribution is -0.384. The number of benzene rings is 1. The molecule has 1 aliphatic rings. The van der Waals surface area contributed by atoms with Crippen LogP contribution in [0.1, 0.15) is 18.1 Å². The van der Waals surface area contributed by atoms with E-state index in [1.165, 1.54) is 19.1 Å². The minimum atomic E-state index is -0.425. The number of amides is 1. The molecule has 0 radical (unpaired) electrons. The van der Waals surface area contributed by atoms with E-state index in [0.717, 1.165) is 11.1 Å². The van der Waals surface area contributed by atoms with Crippen LogP contribution in [0, 0.1) is 10.1 Å². The summed E-state index contributed by atoms with van der Waals surface area (Å²) < 4.78 is 0. The number of nitrogens with zero attached hydrogens (tertiary/aromatic N) is 2. The second-order valence-electron chi connectivity index (χ2n) is 3.60. The fourth-order valence-electron chi connectivity index (χ4n) is 1.62. The van der Waals surface area contributed by atoms with Crippen molar-refractivity contribution in [1.82, 2.24) is 4.90 Å². The van der Waals surface area contributed by atoms with Gasteiger partial charge in [0.05, 0.1) is 11.5 Å². The van der Waals surface area contributed by atoms with Gasteiger partial charge in [0.1, 0.15) is 0 Å². The van der Waals surface area contributed by atoms with Gasteiger partial charge in [0.25, 0.3) is 5.69 Å². The molecule has 0 saturated carbocycles. The summed E-state index contributed by atoms with van der Waals surface area (Å²) in [6.45, 7) is 1.96. The molecule has 0 N–H and O–H groups in total. The molecule has 0 spiro atoms. The van der Waals surface area contributed by atoms with E-state index in [2.05, 4.69) is 0 Å². The Balaban J connectivity index is 2.36. The van der Waals surface area contributed by atoms with Gasteiger partial charge in [-0.15, -0.1) is 0 Å². The summed E-state index contributed by atoms with van der Waals surface area (Å²) in [7, 11) is 0. The van der Waals surface area contributed by atoms with E-state index in [1.807, 2.05) is 0 Å². The molecule has 5 nitrogen and oxygen atoms in total. The van der Waals surface area contributed by atoms with Gasteiger partial charge in [-0.25, -0.2) is 0 Å². The van der Waals surface area contributed by atoms with Crippen molar-refractivity contribution in [2.75, 3.05) is 0 Å². The second kappa shape index (κ2) is 3.77. The molecule has 2 rings (SSSR count). The number of rotatable bonds is 1. The van der Waals surface area contributed by atoms with Gasteiger partial charge < -0.3 is 4.90 Å². The quantitative estimate of drug-likeness (QED) is 0.534. The molecule has 0 aromatic heterocycles. The number of non-ortho nitro benzene ring substituents is 1. The number of fused-ring (bicyclic) bond motifs is 1. The maximum Gasteiger partial charge on any atom is 0.270 e. The molecular weight excluding hydrogens is 208 g/mol. The Hall–Kier alpha value is -2.17. The SMILES string of the molecule is CC(=O)N1C=Cc2cc([N+](=O)[O-])ccc2C1. The molecule has 1 aromatic carbocycles. The Labute approximate surface area is 92.1 Å². The summed E-state index contributed by atoms with van der Waals surface area (Å²) in [5.41, 5.74) is 1.79. The Bertz CT molecular complexity index is 494. The standard InChI is InChI=1S/C11H10N2O3/c1-8(14)12-5-4-9-6-11(13(15)16)3-2-10(9)7-12/h2-6H,7H2,1H3. The highest BCUT2D eigenvalue weighted by atomic mass is 16.6. The minimum Gasteiger partial charge on any atom is -0.315 e. The maximum atomic E-state index is 11.2. The summed E-state index contributed by atoms with van der Waals surface area (Å²) in [6.07, 6.45) is 3.36. The van der Waals surface area contributed by atoms with Crippen LogP contribution in [0.5, 0.6) is 0 Å². The Morgan fingerprint density at radius 2 is 2.25 bits per heavy atom. The molecular formula is C11H10N2O3. The van der Waals surface area contributed by atoms with Crippen molar-refractivity contribution in [3.8, 4) is 0 Å². The van der Waals surface area contributed by atoms with E-state index in [0.29, 0.717) is 6.54 Å². The van der Waals surface area contributed by atoms with Crippen LogP contribution in [0.4, 0.5) is 5.69 Å². The summed E-state index contributed by atoms with van der Waals surface area (Å²) >= 11 is 0. The molecule has 1 heterocycles. The van der Waals surface area contributed by atoms with E-state index in [1.54, 1.807) is 23.2 Å². The fraction of sp³-hybridized carbons (Fsp3) is 0.182. The van der Waals surface area contributed by atoms with Gasteiger partial charge in [-0.05, 0) is 23.3 Å². The summed E-state index contributed by atoms with van der Waals surface area (Å²) in [4.78, 5) is 22.9. The first-order valence-electron chi connectivity index (χ1n) is 4.80. The average Bonchev–Trinajstić information content (AvgIpc) is 2.27. The number of carbonyl (C=O) groups excluding carboxylic acids is 1. The lowest BCUT2D eigenvalue weighted by atomic mass is 10.0. The molecule has 82 valence electrons. The summed E-state index contributed by atoms with van der Waals surface area (Å²) in [5, 5.41) is 10.6. The number of nitro benzene ring substituents is 1. The van der Waals surface area contributed by atoms with Gasteiger partial charge in [-0.3, -0.25) is 14.9 Å². The number of hydrogen-bond donors (Lipinski definition) is 0. The highest BCUT2D eigenvalue weighted by Gasteiger charge is 2.16. The molecule has 0 fully saturated rings. The zero-order valence-corrected chi connectivity index (χ0v) is 8.71. The summed E-state index contributed by atoms with van der Waals surface area (Å²) in [5.74, 6) is -0.0414. The molecule has 16 heavy (non-hydrogen) atoms. The van der Waals surface area contributed by atoms with Crippen LogP contribution in [-0.2, 0) is 11.3 Å². The van der Waals surface area contributed by atoms with Gasteiger partial charge in [0.2, 0.25) is 5.91 Å². The molecule has 0 unspecified atom stereocenters. The molecule has 0 aliphatic carbocycles.